The van der Waals surface area contributed by atoms with Crippen molar-refractivity contribution in [1.29, 1.82) is 0 Å². The zero-order valence-electron chi connectivity index (χ0n) is 64.1. The summed E-state index contributed by atoms with van der Waals surface area (Å²) in [6.07, 6.45) is 38.5. The molecule has 13 unspecified atom stereocenters. The van der Waals surface area contributed by atoms with Gasteiger partial charge in [-0.1, -0.05) is 220 Å². The number of benzene rings is 4. The molecule has 0 aromatic heterocycles. The van der Waals surface area contributed by atoms with Gasteiger partial charge in [-0.25, -0.2) is 0 Å². The molecule has 7 aliphatic rings. The Hall–Kier alpha value is -4.99. The molecule has 3 nitrogen and oxygen atoms in total. The lowest BCUT2D eigenvalue weighted by atomic mass is 9.68. The monoisotopic (exact) mass is 1320 g/mol. The predicted molar refractivity (Wildman–Crippen MR) is 419 cm³/mol. The average Bonchev–Trinajstić information content (AvgIpc) is 1.55. The number of carbonyl (C=O) groups excluding carboxylic acids is 1. The minimum Gasteiger partial charge on any atom is -0.374 e. The van der Waals surface area contributed by atoms with Crippen molar-refractivity contribution in [3.8, 4) is 11.1 Å². The maximum absolute atomic E-state index is 12.9. The van der Waals surface area contributed by atoms with Gasteiger partial charge in [0.2, 0.25) is 5.91 Å². The Morgan fingerprint density at radius 2 is 1.41 bits per heavy atom. The fraction of sp³-hybridized carbons (Fsp3) is 0.632. The van der Waals surface area contributed by atoms with Crippen LogP contribution in [0, 0.1) is 102 Å². The lowest BCUT2D eigenvalue weighted by Gasteiger charge is -2.37. The van der Waals surface area contributed by atoms with Crippen LogP contribution < -0.4 is 5.32 Å². The summed E-state index contributed by atoms with van der Waals surface area (Å²) in [5.41, 5.74) is 20.3. The summed E-state index contributed by atoms with van der Waals surface area (Å²) in [6, 6.07) is 35.9. The van der Waals surface area contributed by atoms with Gasteiger partial charge < -0.3 is 10.1 Å². The molecule has 6 saturated carbocycles. The Labute approximate surface area is 599 Å². The number of ether oxygens (including phenoxy) is 1. The predicted octanol–water partition coefficient (Wildman–Crippen LogP) is 26.1. The van der Waals surface area contributed by atoms with Crippen molar-refractivity contribution in [2.45, 2.75) is 280 Å². The molecule has 1 N–H and O–H groups in total. The summed E-state index contributed by atoms with van der Waals surface area (Å²) in [7, 11) is 0. The molecule has 0 spiro atoms. The first-order valence-electron chi connectivity index (χ1n) is 40.6. The molecule has 0 aliphatic heterocycles. The summed E-state index contributed by atoms with van der Waals surface area (Å²) in [6.45, 7) is 44.2. The second-order valence-electron chi connectivity index (χ2n) is 36.3. The molecule has 0 saturated heterocycles. The highest BCUT2D eigenvalue weighted by Crippen LogP contribution is 2.58. The van der Waals surface area contributed by atoms with Crippen molar-refractivity contribution in [3.05, 3.63) is 184 Å². The molecule has 11 rings (SSSR count). The van der Waals surface area contributed by atoms with Crippen LogP contribution in [0.15, 0.2) is 145 Å². The summed E-state index contributed by atoms with van der Waals surface area (Å²) in [4.78, 5) is 12.9. The third-order valence-corrected chi connectivity index (χ3v) is 27.5. The number of aryl methyl sites for hydroxylation is 3. The Morgan fingerprint density at radius 1 is 0.694 bits per heavy atom. The van der Waals surface area contributed by atoms with E-state index in [9.17, 15) is 4.79 Å². The fourth-order valence-corrected chi connectivity index (χ4v) is 22.9. The average molecular weight is 1320 g/mol. The lowest BCUT2D eigenvalue weighted by molar-refractivity contribution is -0.122. The van der Waals surface area contributed by atoms with Gasteiger partial charge in [0.25, 0.3) is 0 Å². The van der Waals surface area contributed by atoms with Gasteiger partial charge >= 0.3 is 0 Å². The first kappa shape index (κ1) is 74.2. The zero-order chi connectivity index (χ0) is 69.4. The number of amides is 1. The zero-order valence-corrected chi connectivity index (χ0v) is 64.1. The topological polar surface area (TPSA) is 38.3 Å². The van der Waals surface area contributed by atoms with Crippen molar-refractivity contribution in [2.75, 3.05) is 13.2 Å². The van der Waals surface area contributed by atoms with Gasteiger partial charge in [-0.3, -0.25) is 4.79 Å². The van der Waals surface area contributed by atoms with Crippen LogP contribution in [-0.4, -0.2) is 24.7 Å². The van der Waals surface area contributed by atoms with Crippen molar-refractivity contribution in [3.63, 3.8) is 0 Å². The van der Waals surface area contributed by atoms with Gasteiger partial charge in [-0.2, -0.15) is 0 Å². The third-order valence-electron chi connectivity index (χ3n) is 27.5. The second-order valence-corrected chi connectivity index (χ2v) is 36.3. The highest BCUT2D eigenvalue weighted by atomic mass is 16.5. The van der Waals surface area contributed by atoms with Crippen LogP contribution >= 0.6 is 0 Å². The van der Waals surface area contributed by atoms with Crippen LogP contribution in [0.5, 0.6) is 0 Å². The largest absolute Gasteiger partial charge is 0.374 e. The minimum atomic E-state index is -0.284. The van der Waals surface area contributed by atoms with E-state index in [1.807, 2.05) is 0 Å². The van der Waals surface area contributed by atoms with Crippen LogP contribution in [-0.2, 0) is 16.0 Å². The Morgan fingerprint density at radius 3 is 2.11 bits per heavy atom. The SMILES string of the molecule is C=C1CCC(=C)C1CCCC(=O)NCCOC(C)(C)CC(C)(C)CC1CC(C(=C)C(C(C)C)C2CCC(CCCC3CCC(CCCc4cccc(C5C6CCC5CC(c5cc(-c7ccccc7C)ccc5C)C6)c4)C(C)C3)C2)C(C(C)CC(C)c2ccc(C3=C(C)C=CC3)cc2)C1. The molecule has 7 aliphatic carbocycles. The number of fused-ring (bicyclic) bond motifs is 2. The molecular weight excluding hydrogens is 1190 g/mol. The highest BCUT2D eigenvalue weighted by Gasteiger charge is 2.47. The third kappa shape index (κ3) is 18.8. The second kappa shape index (κ2) is 33.4. The Bertz CT molecular complexity index is 3370. The smallest absolute Gasteiger partial charge is 0.220 e. The molecule has 1 amide bonds. The van der Waals surface area contributed by atoms with Gasteiger partial charge in [0, 0.05) is 18.9 Å². The van der Waals surface area contributed by atoms with Crippen molar-refractivity contribution in [1.82, 2.24) is 5.32 Å². The molecule has 6 fully saturated rings. The van der Waals surface area contributed by atoms with Crippen LogP contribution in [0.25, 0.3) is 16.7 Å². The molecule has 2 bridgehead atoms. The van der Waals surface area contributed by atoms with Gasteiger partial charge in [0.1, 0.15) is 0 Å². The summed E-state index contributed by atoms with van der Waals surface area (Å²) in [5.74, 6) is 12.1. The maximum Gasteiger partial charge on any atom is 0.220 e. The van der Waals surface area contributed by atoms with E-state index in [1.165, 1.54) is 184 Å². The van der Waals surface area contributed by atoms with E-state index in [0.29, 0.717) is 72.8 Å². The summed E-state index contributed by atoms with van der Waals surface area (Å²) in [5, 5.41) is 3.16. The fourth-order valence-electron chi connectivity index (χ4n) is 22.9. The first-order chi connectivity index (χ1) is 47.0. The number of nitrogens with one attached hydrogen (secondary N) is 1. The van der Waals surface area contributed by atoms with E-state index in [2.05, 4.69) is 205 Å². The number of hydrogen-bond donors (Lipinski definition) is 1. The molecule has 0 radical (unpaired) electrons. The maximum atomic E-state index is 12.9. The highest BCUT2D eigenvalue weighted by molar-refractivity contribution is 5.76. The summed E-state index contributed by atoms with van der Waals surface area (Å²) < 4.78 is 6.63. The van der Waals surface area contributed by atoms with Crippen LogP contribution in [0.1, 0.15) is 293 Å². The quantitative estimate of drug-likeness (QED) is 0.0391. The van der Waals surface area contributed by atoms with E-state index >= 15 is 0 Å². The molecule has 532 valence electrons. The van der Waals surface area contributed by atoms with Gasteiger partial charge in [0.05, 0.1) is 12.2 Å². The standard InChI is InChI=1S/C95H135NO2/c1-62(2)92(71(11)90-56-75(55-89(90)70(10)51-68(8)77-43-45-78(46-44-77)86-33-18-24-64(86)4)60-94(12,13)61-95(14,15)98-50-49-96-91(97)34-22-32-85-65(5)35-36-66(85)6)81-42-39-74(54-81)26-19-25-73-38-41-76(69(9)52-73)29-20-27-72-28-21-30-80(53-72)93-82-47-48-83(93)58-84(57-82)88-59-79(40-37-67(88)7)87-31-17-16-23-63(87)3/h16-18,21,23-24,28,30-31,37,40,43-46,53,59,62,68-70,73-76,81-85,89-90,92-93H,5-6,11,19-20,22,25-27,29,32-36,38-39,41-42,47-52,54-58,60-61H2,1-4,7-10,12-15H3,(H,96,97). The lowest BCUT2D eigenvalue weighted by Crippen LogP contribution is -2.36. The molecule has 4 aromatic carbocycles. The van der Waals surface area contributed by atoms with Gasteiger partial charge in [-0.15, -0.1) is 0 Å². The van der Waals surface area contributed by atoms with Crippen molar-refractivity contribution in [2.24, 2.45) is 88.3 Å². The molecule has 4 aromatic rings. The number of carbonyl (C=O) groups is 1. The first-order valence-corrected chi connectivity index (χ1v) is 40.6. The van der Waals surface area contributed by atoms with E-state index < -0.39 is 0 Å². The van der Waals surface area contributed by atoms with Crippen LogP contribution in [0.4, 0.5) is 0 Å². The molecule has 0 heterocycles. The van der Waals surface area contributed by atoms with Crippen LogP contribution in [0.3, 0.4) is 0 Å². The molecule has 13 atom stereocenters. The molecule has 3 heteroatoms. The number of rotatable bonds is 32. The number of allylic oxidation sites excluding steroid dienone is 7. The van der Waals surface area contributed by atoms with E-state index in [0.717, 1.165) is 85.9 Å². The normalized spacial score (nSPS) is 27.8. The van der Waals surface area contributed by atoms with Crippen molar-refractivity contribution < 1.29 is 9.53 Å². The van der Waals surface area contributed by atoms with Crippen LogP contribution in [0.2, 0.25) is 0 Å². The van der Waals surface area contributed by atoms with Crippen molar-refractivity contribution >= 4 is 11.5 Å². The Balaban J connectivity index is 0.637. The summed E-state index contributed by atoms with van der Waals surface area (Å²) >= 11 is 0. The molecular formula is C95H135NO2. The van der Waals surface area contributed by atoms with Gasteiger partial charge in [-0.05, 0) is 331 Å². The van der Waals surface area contributed by atoms with E-state index in [-0.39, 0.29) is 16.9 Å². The Kier molecular flexibility index (Phi) is 25.3. The number of hydrogen-bond acceptors (Lipinski definition) is 2. The minimum absolute atomic E-state index is 0.118. The van der Waals surface area contributed by atoms with E-state index in [1.54, 1.807) is 22.3 Å². The van der Waals surface area contributed by atoms with Gasteiger partial charge in [0.15, 0.2) is 0 Å². The molecule has 98 heavy (non-hydrogen) atoms. The van der Waals surface area contributed by atoms with E-state index in [4.69, 9.17) is 11.3 Å².